The maximum atomic E-state index is 14.1. The molecule has 158 valence electrons. The van der Waals surface area contributed by atoms with Gasteiger partial charge >= 0.3 is 6.03 Å². The number of pyridine rings is 1. The van der Waals surface area contributed by atoms with Crippen LogP contribution in [0.1, 0.15) is 12.0 Å². The molecule has 1 aromatic heterocycles. The average Bonchev–Trinajstić information content (AvgIpc) is 2.99. The van der Waals surface area contributed by atoms with Gasteiger partial charge in [-0.15, -0.1) is 0 Å². The third-order valence-electron chi connectivity index (χ3n) is 5.28. The molecule has 0 atom stereocenters. The van der Waals surface area contributed by atoms with E-state index in [0.717, 1.165) is 17.2 Å². The third-order valence-corrected chi connectivity index (χ3v) is 5.28. The highest BCUT2D eigenvalue weighted by Crippen LogP contribution is 2.27. The van der Waals surface area contributed by atoms with E-state index >= 15 is 0 Å². The minimum Gasteiger partial charge on any atom is -0.355 e. The van der Waals surface area contributed by atoms with Crippen molar-refractivity contribution in [1.82, 2.24) is 14.8 Å². The number of carbonyl (C=O) groups excluding carboxylic acids is 2. The van der Waals surface area contributed by atoms with Gasteiger partial charge in [-0.05, 0) is 30.7 Å². The highest BCUT2D eigenvalue weighted by molar-refractivity contribution is 5.94. The number of amides is 3. The van der Waals surface area contributed by atoms with E-state index in [2.05, 4.69) is 10.3 Å². The summed E-state index contributed by atoms with van der Waals surface area (Å²) in [6, 6.07) is 4.65. The summed E-state index contributed by atoms with van der Waals surface area (Å²) in [6.07, 6.45) is 1.83. The van der Waals surface area contributed by atoms with E-state index in [1.54, 1.807) is 11.0 Å². The molecule has 0 aliphatic carbocycles. The topological polar surface area (TPSA) is 68.8 Å². The van der Waals surface area contributed by atoms with Crippen molar-refractivity contribution in [3.63, 3.8) is 0 Å². The minimum absolute atomic E-state index is 0.0202. The number of benzene rings is 1. The molecule has 0 radical (unpaired) electrons. The SMILES string of the molecule is O=C(CN1Cc2c(ccc(F)c2F)NC1=O)N1CCCN(c2ccc(F)cn2)CC1. The fourth-order valence-electron chi connectivity index (χ4n) is 3.66. The van der Waals surface area contributed by atoms with E-state index in [-0.39, 0.29) is 30.2 Å². The Morgan fingerprint density at radius 2 is 1.90 bits per heavy atom. The normalized spacial score (nSPS) is 16.8. The van der Waals surface area contributed by atoms with Crippen LogP contribution in [0.4, 0.5) is 29.5 Å². The van der Waals surface area contributed by atoms with Gasteiger partial charge < -0.3 is 20.0 Å². The van der Waals surface area contributed by atoms with Crippen LogP contribution in [0.2, 0.25) is 0 Å². The Kier molecular flexibility index (Phi) is 5.47. The Balaban J connectivity index is 1.39. The van der Waals surface area contributed by atoms with Crippen LogP contribution >= 0.6 is 0 Å². The molecule has 3 amide bonds. The smallest absolute Gasteiger partial charge is 0.322 e. The number of nitrogens with zero attached hydrogens (tertiary/aromatic N) is 4. The maximum Gasteiger partial charge on any atom is 0.322 e. The lowest BCUT2D eigenvalue weighted by atomic mass is 10.1. The molecule has 3 heterocycles. The Bertz CT molecular complexity index is 970. The number of fused-ring (bicyclic) bond motifs is 1. The summed E-state index contributed by atoms with van der Waals surface area (Å²) >= 11 is 0. The Morgan fingerprint density at radius 3 is 2.67 bits per heavy atom. The minimum atomic E-state index is -1.03. The first-order valence-corrected chi connectivity index (χ1v) is 9.59. The van der Waals surface area contributed by atoms with Crippen LogP contribution in [0, 0.1) is 17.5 Å². The molecule has 4 rings (SSSR count). The molecule has 1 fully saturated rings. The predicted octanol–water partition coefficient (Wildman–Crippen LogP) is 2.59. The Hall–Kier alpha value is -3.30. The van der Waals surface area contributed by atoms with Gasteiger partial charge in [0.1, 0.15) is 18.2 Å². The second-order valence-electron chi connectivity index (χ2n) is 7.23. The van der Waals surface area contributed by atoms with Gasteiger partial charge in [-0.25, -0.2) is 22.9 Å². The molecule has 2 aliphatic rings. The van der Waals surface area contributed by atoms with Crippen molar-refractivity contribution < 1.29 is 22.8 Å². The number of nitrogens with one attached hydrogen (secondary N) is 1. The molecule has 30 heavy (non-hydrogen) atoms. The van der Waals surface area contributed by atoms with Crippen molar-refractivity contribution in [2.45, 2.75) is 13.0 Å². The molecule has 1 aromatic carbocycles. The van der Waals surface area contributed by atoms with Crippen LogP contribution < -0.4 is 10.2 Å². The lowest BCUT2D eigenvalue weighted by Crippen LogP contribution is -2.47. The molecule has 2 aromatic rings. The van der Waals surface area contributed by atoms with E-state index in [1.165, 1.54) is 12.1 Å². The van der Waals surface area contributed by atoms with Crippen LogP contribution in [0.25, 0.3) is 0 Å². The standard InChI is InChI=1S/C20H20F3N5O2/c21-13-2-5-17(24-10-13)26-6-1-7-27(9-8-26)18(29)12-28-11-14-16(25-20(28)30)4-3-15(22)19(14)23/h2-5,10H,1,6-9,11-12H2,(H,25,30). The van der Waals surface area contributed by atoms with Gasteiger partial charge in [-0.1, -0.05) is 0 Å². The second kappa shape index (κ2) is 8.21. The highest BCUT2D eigenvalue weighted by atomic mass is 19.2. The number of aromatic nitrogens is 1. The van der Waals surface area contributed by atoms with Crippen molar-refractivity contribution in [2.24, 2.45) is 0 Å². The average molecular weight is 419 g/mol. The van der Waals surface area contributed by atoms with Crippen LogP contribution in [0.3, 0.4) is 0 Å². The van der Waals surface area contributed by atoms with Crippen molar-refractivity contribution in [3.8, 4) is 0 Å². The van der Waals surface area contributed by atoms with Crippen molar-refractivity contribution in [2.75, 3.05) is 42.9 Å². The van der Waals surface area contributed by atoms with Gasteiger partial charge in [0.25, 0.3) is 0 Å². The van der Waals surface area contributed by atoms with Gasteiger partial charge in [-0.2, -0.15) is 0 Å². The Labute approximate surface area is 171 Å². The molecule has 0 unspecified atom stereocenters. The Morgan fingerprint density at radius 1 is 1.07 bits per heavy atom. The van der Waals surface area contributed by atoms with Gasteiger partial charge in [0, 0.05) is 31.7 Å². The van der Waals surface area contributed by atoms with Gasteiger partial charge in [0.15, 0.2) is 11.6 Å². The molecule has 1 N–H and O–H groups in total. The lowest BCUT2D eigenvalue weighted by Gasteiger charge is -2.31. The molecular weight excluding hydrogens is 399 g/mol. The lowest BCUT2D eigenvalue weighted by molar-refractivity contribution is -0.131. The first-order valence-electron chi connectivity index (χ1n) is 9.59. The summed E-state index contributed by atoms with van der Waals surface area (Å²) < 4.78 is 40.7. The fourth-order valence-corrected chi connectivity index (χ4v) is 3.66. The number of hydrogen-bond acceptors (Lipinski definition) is 4. The maximum absolute atomic E-state index is 14.1. The molecular formula is C20H20F3N5O2. The first-order chi connectivity index (χ1) is 14.4. The fraction of sp³-hybridized carbons (Fsp3) is 0.350. The van der Waals surface area contributed by atoms with Crippen LogP contribution in [0.15, 0.2) is 30.5 Å². The molecule has 1 saturated heterocycles. The molecule has 0 saturated carbocycles. The second-order valence-corrected chi connectivity index (χ2v) is 7.23. The number of halogens is 3. The molecule has 7 nitrogen and oxygen atoms in total. The summed E-state index contributed by atoms with van der Waals surface area (Å²) in [5.41, 5.74) is 0.228. The quantitative estimate of drug-likeness (QED) is 0.831. The number of urea groups is 1. The molecule has 0 bridgehead atoms. The zero-order valence-corrected chi connectivity index (χ0v) is 16.1. The van der Waals surface area contributed by atoms with E-state index in [0.29, 0.717) is 38.4 Å². The highest BCUT2D eigenvalue weighted by Gasteiger charge is 2.29. The van der Waals surface area contributed by atoms with Gasteiger partial charge in [0.2, 0.25) is 5.91 Å². The number of carbonyl (C=O) groups is 2. The van der Waals surface area contributed by atoms with E-state index in [1.807, 2.05) is 4.90 Å². The molecule has 0 spiro atoms. The summed E-state index contributed by atoms with van der Waals surface area (Å²) in [6.45, 7) is 1.65. The molecule has 10 heteroatoms. The van der Waals surface area contributed by atoms with E-state index < -0.39 is 23.5 Å². The largest absolute Gasteiger partial charge is 0.355 e. The number of rotatable bonds is 3. The summed E-state index contributed by atoms with van der Waals surface area (Å²) in [4.78, 5) is 33.9. The summed E-state index contributed by atoms with van der Waals surface area (Å²) in [7, 11) is 0. The van der Waals surface area contributed by atoms with Crippen LogP contribution in [-0.2, 0) is 11.3 Å². The van der Waals surface area contributed by atoms with Crippen molar-refractivity contribution in [1.29, 1.82) is 0 Å². The number of anilines is 2. The van der Waals surface area contributed by atoms with Crippen molar-refractivity contribution in [3.05, 3.63) is 53.5 Å². The van der Waals surface area contributed by atoms with E-state index in [4.69, 9.17) is 0 Å². The van der Waals surface area contributed by atoms with Crippen molar-refractivity contribution >= 4 is 23.4 Å². The predicted molar refractivity (Wildman–Crippen MR) is 103 cm³/mol. The van der Waals surface area contributed by atoms with Crippen LogP contribution in [0.5, 0.6) is 0 Å². The molecule has 2 aliphatic heterocycles. The third kappa shape index (κ3) is 4.03. The zero-order valence-electron chi connectivity index (χ0n) is 16.1. The van der Waals surface area contributed by atoms with Gasteiger partial charge in [-0.3, -0.25) is 4.79 Å². The zero-order chi connectivity index (χ0) is 21.3. The van der Waals surface area contributed by atoms with Crippen LogP contribution in [-0.4, -0.2) is 59.4 Å². The summed E-state index contributed by atoms with van der Waals surface area (Å²) in [5.74, 6) is -2.09. The first kappa shape index (κ1) is 20.0. The summed E-state index contributed by atoms with van der Waals surface area (Å²) in [5, 5.41) is 2.49. The van der Waals surface area contributed by atoms with Gasteiger partial charge in [0.05, 0.1) is 18.4 Å². The monoisotopic (exact) mass is 419 g/mol. The number of hydrogen-bond donors (Lipinski definition) is 1. The van der Waals surface area contributed by atoms with E-state index in [9.17, 15) is 22.8 Å².